The molecule has 3 aromatic heterocycles. The Morgan fingerprint density at radius 1 is 0.773 bits per heavy atom. The van der Waals surface area contributed by atoms with Crippen LogP contribution in [0.5, 0.6) is 0 Å². The fourth-order valence-corrected chi connectivity index (χ4v) is 2.37. The minimum atomic E-state index is -0.0672. The van der Waals surface area contributed by atoms with Gasteiger partial charge >= 0.3 is 0 Å². The Kier molecular flexibility index (Phi) is 3.47. The van der Waals surface area contributed by atoms with Crippen molar-refractivity contribution in [2.75, 3.05) is 0 Å². The van der Waals surface area contributed by atoms with E-state index < -0.39 is 0 Å². The minimum Gasteiger partial charge on any atom is -0.357 e. The molecule has 0 spiro atoms. The van der Waals surface area contributed by atoms with Crippen molar-refractivity contribution >= 4 is 0 Å². The lowest BCUT2D eigenvalue weighted by Crippen LogP contribution is -2.04. The highest BCUT2D eigenvalue weighted by atomic mass is 16.1. The standard InChI is InChI=1S/C17H15N3O2/c1-10-6-12(21)8-16(18-10)14-4-3-5-15(20-14)17-9-13(22)7-11(2)19-17/h3-9H,1-2H3,(H,18,21)(H,19,22). The summed E-state index contributed by atoms with van der Waals surface area (Å²) in [6.07, 6.45) is 0. The molecule has 0 unspecified atom stereocenters. The van der Waals surface area contributed by atoms with Gasteiger partial charge in [0.25, 0.3) is 0 Å². The van der Waals surface area contributed by atoms with Crippen molar-refractivity contribution in [3.63, 3.8) is 0 Å². The molecule has 110 valence electrons. The molecule has 22 heavy (non-hydrogen) atoms. The zero-order valence-corrected chi connectivity index (χ0v) is 12.3. The molecule has 0 aliphatic heterocycles. The predicted molar refractivity (Wildman–Crippen MR) is 85.8 cm³/mol. The van der Waals surface area contributed by atoms with Crippen LogP contribution in [0.3, 0.4) is 0 Å². The zero-order chi connectivity index (χ0) is 15.7. The van der Waals surface area contributed by atoms with Crippen LogP contribution in [0.25, 0.3) is 22.8 Å². The summed E-state index contributed by atoms with van der Waals surface area (Å²) < 4.78 is 0. The van der Waals surface area contributed by atoms with Crippen molar-refractivity contribution in [1.29, 1.82) is 0 Å². The van der Waals surface area contributed by atoms with E-state index >= 15 is 0 Å². The van der Waals surface area contributed by atoms with E-state index in [-0.39, 0.29) is 10.9 Å². The van der Waals surface area contributed by atoms with E-state index in [1.807, 2.05) is 32.0 Å². The second-order valence-corrected chi connectivity index (χ2v) is 5.23. The van der Waals surface area contributed by atoms with Gasteiger partial charge in [0.15, 0.2) is 10.9 Å². The number of aryl methyl sites for hydroxylation is 2. The van der Waals surface area contributed by atoms with Crippen LogP contribution in [-0.4, -0.2) is 15.0 Å². The topological polar surface area (TPSA) is 78.6 Å². The number of rotatable bonds is 2. The van der Waals surface area contributed by atoms with Crippen molar-refractivity contribution in [2.45, 2.75) is 13.8 Å². The first-order chi connectivity index (χ1) is 10.5. The average molecular weight is 293 g/mol. The molecule has 5 nitrogen and oxygen atoms in total. The number of nitrogens with one attached hydrogen (secondary N) is 2. The largest absolute Gasteiger partial charge is 0.357 e. The number of pyridine rings is 3. The Bertz CT molecular complexity index is 880. The van der Waals surface area contributed by atoms with Gasteiger partial charge < -0.3 is 9.97 Å². The summed E-state index contributed by atoms with van der Waals surface area (Å²) in [6.45, 7) is 3.65. The third kappa shape index (κ3) is 2.88. The van der Waals surface area contributed by atoms with E-state index in [1.165, 1.54) is 24.3 Å². The molecule has 0 saturated carbocycles. The van der Waals surface area contributed by atoms with E-state index in [2.05, 4.69) is 15.0 Å². The highest BCUT2D eigenvalue weighted by molar-refractivity contribution is 5.61. The second kappa shape index (κ2) is 5.44. The van der Waals surface area contributed by atoms with E-state index in [1.54, 1.807) is 0 Å². The van der Waals surface area contributed by atoms with Crippen molar-refractivity contribution in [1.82, 2.24) is 15.0 Å². The summed E-state index contributed by atoms with van der Waals surface area (Å²) in [4.78, 5) is 34.1. The van der Waals surface area contributed by atoms with Gasteiger partial charge in [0.2, 0.25) is 0 Å². The molecular formula is C17H15N3O2. The predicted octanol–water partition coefficient (Wildman–Crippen LogP) is 2.41. The van der Waals surface area contributed by atoms with Gasteiger partial charge in [-0.3, -0.25) is 9.59 Å². The molecule has 0 bridgehead atoms. The number of aromatic amines is 2. The minimum absolute atomic E-state index is 0.0672. The fraction of sp³-hybridized carbons (Fsp3) is 0.118. The van der Waals surface area contributed by atoms with E-state index in [0.29, 0.717) is 22.8 Å². The summed E-state index contributed by atoms with van der Waals surface area (Å²) in [6, 6.07) is 11.6. The number of hydrogen-bond acceptors (Lipinski definition) is 3. The van der Waals surface area contributed by atoms with Crippen LogP contribution >= 0.6 is 0 Å². The fourth-order valence-electron chi connectivity index (χ4n) is 2.37. The molecule has 3 heterocycles. The monoisotopic (exact) mass is 293 g/mol. The van der Waals surface area contributed by atoms with Gasteiger partial charge in [-0.2, -0.15) is 0 Å². The maximum absolute atomic E-state index is 11.6. The lowest BCUT2D eigenvalue weighted by molar-refractivity contribution is 1.14. The van der Waals surface area contributed by atoms with Gasteiger partial charge in [-0.15, -0.1) is 0 Å². The van der Waals surface area contributed by atoms with E-state index in [9.17, 15) is 9.59 Å². The Morgan fingerprint density at radius 3 is 1.64 bits per heavy atom. The van der Waals surface area contributed by atoms with Gasteiger partial charge in [0.1, 0.15) is 0 Å². The first-order valence-corrected chi connectivity index (χ1v) is 6.91. The lowest BCUT2D eigenvalue weighted by Gasteiger charge is -2.06. The number of hydrogen-bond donors (Lipinski definition) is 2. The van der Waals surface area contributed by atoms with Crippen molar-refractivity contribution < 1.29 is 0 Å². The van der Waals surface area contributed by atoms with E-state index in [4.69, 9.17) is 0 Å². The van der Waals surface area contributed by atoms with Crippen LogP contribution in [0.4, 0.5) is 0 Å². The zero-order valence-electron chi connectivity index (χ0n) is 12.3. The molecule has 5 heteroatoms. The highest BCUT2D eigenvalue weighted by Gasteiger charge is 2.06. The Balaban J connectivity index is 2.13. The normalized spacial score (nSPS) is 10.6. The molecule has 0 radical (unpaired) electrons. The molecule has 0 saturated heterocycles. The molecule has 0 aromatic carbocycles. The van der Waals surface area contributed by atoms with Gasteiger partial charge in [-0.25, -0.2) is 4.98 Å². The molecule has 2 N–H and O–H groups in total. The lowest BCUT2D eigenvalue weighted by atomic mass is 10.2. The molecule has 0 aliphatic rings. The van der Waals surface area contributed by atoms with Crippen LogP contribution in [0, 0.1) is 13.8 Å². The highest BCUT2D eigenvalue weighted by Crippen LogP contribution is 2.19. The maximum atomic E-state index is 11.6. The Labute approximate surface area is 126 Å². The second-order valence-electron chi connectivity index (χ2n) is 5.23. The summed E-state index contributed by atoms with van der Waals surface area (Å²) >= 11 is 0. The molecular weight excluding hydrogens is 278 g/mol. The third-order valence-electron chi connectivity index (χ3n) is 3.26. The molecule has 0 atom stereocenters. The third-order valence-corrected chi connectivity index (χ3v) is 3.26. The molecule has 3 aromatic rings. The first-order valence-electron chi connectivity index (χ1n) is 6.91. The van der Waals surface area contributed by atoms with Crippen molar-refractivity contribution in [3.8, 4) is 22.8 Å². The van der Waals surface area contributed by atoms with Crippen LogP contribution < -0.4 is 10.9 Å². The van der Waals surface area contributed by atoms with Gasteiger partial charge in [-0.1, -0.05) is 6.07 Å². The first kappa shape index (κ1) is 14.0. The molecule has 0 amide bonds. The molecule has 0 aliphatic carbocycles. The van der Waals surface area contributed by atoms with Gasteiger partial charge in [-0.05, 0) is 26.0 Å². The van der Waals surface area contributed by atoms with Crippen molar-refractivity contribution in [2.24, 2.45) is 0 Å². The van der Waals surface area contributed by atoms with E-state index in [0.717, 1.165) is 11.4 Å². The summed E-state index contributed by atoms with van der Waals surface area (Å²) in [5.41, 5.74) is 4.03. The van der Waals surface area contributed by atoms with Crippen LogP contribution in [0.1, 0.15) is 11.4 Å². The summed E-state index contributed by atoms with van der Waals surface area (Å²) in [5, 5.41) is 0. The number of H-pyrrole nitrogens is 2. The van der Waals surface area contributed by atoms with Gasteiger partial charge in [0, 0.05) is 35.7 Å². The number of nitrogens with zero attached hydrogens (tertiary/aromatic N) is 1. The molecule has 0 fully saturated rings. The van der Waals surface area contributed by atoms with Crippen LogP contribution in [-0.2, 0) is 0 Å². The number of aromatic nitrogens is 3. The van der Waals surface area contributed by atoms with Crippen molar-refractivity contribution in [3.05, 3.63) is 74.3 Å². The summed E-state index contributed by atoms with van der Waals surface area (Å²) in [5.74, 6) is 0. The average Bonchev–Trinajstić information content (AvgIpc) is 2.45. The van der Waals surface area contributed by atoms with Crippen LogP contribution in [0.15, 0.2) is 52.1 Å². The quantitative estimate of drug-likeness (QED) is 0.761. The van der Waals surface area contributed by atoms with Crippen LogP contribution in [0.2, 0.25) is 0 Å². The smallest absolute Gasteiger partial charge is 0.182 e. The maximum Gasteiger partial charge on any atom is 0.182 e. The SMILES string of the molecule is Cc1cc(=O)cc(-c2cccc(-c3cc(=O)cc(C)[nH]3)n2)[nH]1. The Hall–Kier alpha value is -2.95. The summed E-state index contributed by atoms with van der Waals surface area (Å²) in [7, 11) is 0. The Morgan fingerprint density at radius 2 is 1.23 bits per heavy atom. The van der Waals surface area contributed by atoms with Gasteiger partial charge in [0.05, 0.1) is 22.8 Å². The molecule has 3 rings (SSSR count).